The topological polar surface area (TPSA) is 65.1 Å². The normalized spacial score (nSPS) is 17.1. The molecule has 4 rings (SSSR count). The van der Waals surface area contributed by atoms with Gasteiger partial charge in [-0.05, 0) is 50.3 Å². The number of carbonyl (C=O) groups is 1. The smallest absolute Gasteiger partial charge is 0.275 e. The van der Waals surface area contributed by atoms with Gasteiger partial charge in [0.25, 0.3) is 5.91 Å². The molecular formula is C22H27N5O. The Labute approximate surface area is 165 Å². The Morgan fingerprint density at radius 2 is 2.04 bits per heavy atom. The van der Waals surface area contributed by atoms with Crippen LogP contribution < -0.4 is 4.90 Å². The van der Waals surface area contributed by atoms with E-state index in [4.69, 9.17) is 4.98 Å². The Balaban J connectivity index is 1.50. The maximum Gasteiger partial charge on any atom is 0.275 e. The summed E-state index contributed by atoms with van der Waals surface area (Å²) in [5.41, 5.74) is 2.52. The third kappa shape index (κ3) is 3.72. The molecule has 0 radical (unpaired) electrons. The zero-order chi connectivity index (χ0) is 19.5. The Bertz CT molecular complexity index is 964. The van der Waals surface area contributed by atoms with E-state index in [-0.39, 0.29) is 11.9 Å². The number of carbonyl (C=O) groups excluding carboxylic acids is 1. The number of fused-ring (bicyclic) bond motifs is 1. The molecule has 1 N–H and O–H groups in total. The number of H-pyrrole nitrogens is 1. The van der Waals surface area contributed by atoms with Crippen LogP contribution in [0.2, 0.25) is 0 Å². The largest absolute Gasteiger partial charge is 0.363 e. The van der Waals surface area contributed by atoms with Gasteiger partial charge in [-0.1, -0.05) is 24.3 Å². The minimum Gasteiger partial charge on any atom is -0.363 e. The molecule has 3 aromatic rings. The Hall–Kier alpha value is -2.89. The number of nitrogens with one attached hydrogen (secondary N) is 1. The van der Waals surface area contributed by atoms with Crippen molar-refractivity contribution in [2.45, 2.75) is 38.1 Å². The Morgan fingerprint density at radius 1 is 1.18 bits per heavy atom. The predicted octanol–water partition coefficient (Wildman–Crippen LogP) is 3.65. The van der Waals surface area contributed by atoms with Gasteiger partial charge in [0.2, 0.25) is 0 Å². The predicted molar refractivity (Wildman–Crippen MR) is 112 cm³/mol. The number of nitrogens with zero attached hydrogens (tertiary/aromatic N) is 4. The fraction of sp³-hybridized carbons (Fsp3) is 0.409. The average Bonchev–Trinajstić information content (AvgIpc) is 3.16. The van der Waals surface area contributed by atoms with E-state index in [1.807, 2.05) is 54.2 Å². The first-order valence-corrected chi connectivity index (χ1v) is 10.0. The first-order chi connectivity index (χ1) is 13.6. The second-order valence-electron chi connectivity index (χ2n) is 7.69. The van der Waals surface area contributed by atoms with Crippen LogP contribution in [0.5, 0.6) is 0 Å². The van der Waals surface area contributed by atoms with Gasteiger partial charge >= 0.3 is 0 Å². The Morgan fingerprint density at radius 3 is 2.89 bits per heavy atom. The van der Waals surface area contributed by atoms with Crippen molar-refractivity contribution in [2.75, 3.05) is 25.5 Å². The van der Waals surface area contributed by atoms with Crippen molar-refractivity contribution in [3.8, 4) is 0 Å². The van der Waals surface area contributed by atoms with Crippen molar-refractivity contribution < 1.29 is 4.79 Å². The fourth-order valence-corrected chi connectivity index (χ4v) is 4.00. The van der Waals surface area contributed by atoms with Crippen molar-refractivity contribution in [3.63, 3.8) is 0 Å². The summed E-state index contributed by atoms with van der Waals surface area (Å²) in [6.45, 7) is 0.801. The highest BCUT2D eigenvalue weighted by Gasteiger charge is 2.29. The van der Waals surface area contributed by atoms with Crippen LogP contribution in [0.25, 0.3) is 10.9 Å². The molecule has 3 heterocycles. The molecule has 2 aromatic heterocycles. The van der Waals surface area contributed by atoms with E-state index >= 15 is 0 Å². The molecule has 6 nitrogen and oxygen atoms in total. The molecule has 1 saturated heterocycles. The number of rotatable bonds is 5. The Kier molecular flexibility index (Phi) is 5.28. The van der Waals surface area contributed by atoms with Crippen LogP contribution in [0.1, 0.15) is 41.9 Å². The van der Waals surface area contributed by atoms with Crippen molar-refractivity contribution in [3.05, 3.63) is 53.9 Å². The fourth-order valence-electron chi connectivity index (χ4n) is 4.00. The number of piperidine rings is 1. The first-order valence-electron chi connectivity index (χ1n) is 10.0. The van der Waals surface area contributed by atoms with Crippen LogP contribution in [-0.4, -0.2) is 52.7 Å². The molecule has 0 aliphatic carbocycles. The van der Waals surface area contributed by atoms with Crippen LogP contribution in [-0.2, 0) is 6.42 Å². The molecule has 1 fully saturated rings. The van der Waals surface area contributed by atoms with Gasteiger partial charge in [0.1, 0.15) is 5.82 Å². The molecule has 1 aliphatic heterocycles. The molecule has 0 bridgehead atoms. The highest BCUT2D eigenvalue weighted by atomic mass is 16.2. The quantitative estimate of drug-likeness (QED) is 0.737. The van der Waals surface area contributed by atoms with Crippen LogP contribution in [0.3, 0.4) is 0 Å². The first kappa shape index (κ1) is 18.5. The maximum absolute atomic E-state index is 13.3. The molecule has 1 atom stereocenters. The summed E-state index contributed by atoms with van der Waals surface area (Å²) < 4.78 is 0. The standard InChI is InChI=1S/C22H27N5O/c1-26(2)20-12-7-8-16(23-20)13-14-17-9-5-6-15-27(17)22(28)21-18-10-3-4-11-19(18)24-25-21/h3-4,7-8,10-12,17H,5-6,9,13-15H2,1-2H3,(H,24,25)/t17-/m1/s1. The lowest BCUT2D eigenvalue weighted by molar-refractivity contribution is 0.0597. The average molecular weight is 377 g/mol. The third-order valence-corrected chi connectivity index (χ3v) is 5.54. The van der Waals surface area contributed by atoms with Gasteiger partial charge in [-0.15, -0.1) is 0 Å². The number of hydrogen-bond donors (Lipinski definition) is 1. The van der Waals surface area contributed by atoms with Crippen molar-refractivity contribution in [2.24, 2.45) is 0 Å². The summed E-state index contributed by atoms with van der Waals surface area (Å²) >= 11 is 0. The third-order valence-electron chi connectivity index (χ3n) is 5.54. The second kappa shape index (κ2) is 8.00. The van der Waals surface area contributed by atoms with E-state index in [1.54, 1.807) is 0 Å². The van der Waals surface area contributed by atoms with Crippen LogP contribution in [0, 0.1) is 0 Å². The molecule has 146 valence electrons. The number of pyridine rings is 1. The monoisotopic (exact) mass is 377 g/mol. The molecule has 0 spiro atoms. The number of anilines is 1. The van der Waals surface area contributed by atoms with Gasteiger partial charge in [0, 0.05) is 37.8 Å². The SMILES string of the molecule is CN(C)c1cccc(CC[C@H]2CCCCN2C(=O)c2n[nH]c3ccccc23)n1. The summed E-state index contributed by atoms with van der Waals surface area (Å²) in [7, 11) is 4.00. The highest BCUT2D eigenvalue weighted by molar-refractivity contribution is 6.04. The summed E-state index contributed by atoms with van der Waals surface area (Å²) in [6.07, 6.45) is 5.07. The molecule has 1 amide bonds. The molecule has 0 unspecified atom stereocenters. The number of aromatic nitrogens is 3. The van der Waals surface area contributed by atoms with E-state index in [1.165, 1.54) is 6.42 Å². The number of amides is 1. The van der Waals surface area contributed by atoms with Crippen LogP contribution in [0.15, 0.2) is 42.5 Å². The van der Waals surface area contributed by atoms with Gasteiger partial charge in [0.05, 0.1) is 5.52 Å². The highest BCUT2D eigenvalue weighted by Crippen LogP contribution is 2.25. The lowest BCUT2D eigenvalue weighted by Crippen LogP contribution is -2.44. The molecule has 1 aliphatic rings. The van der Waals surface area contributed by atoms with Gasteiger partial charge < -0.3 is 9.80 Å². The number of likely N-dealkylation sites (tertiary alicyclic amines) is 1. The summed E-state index contributed by atoms with van der Waals surface area (Å²) in [5.74, 6) is 1.01. The van der Waals surface area contributed by atoms with E-state index < -0.39 is 0 Å². The van der Waals surface area contributed by atoms with Crippen molar-refractivity contribution in [1.82, 2.24) is 20.1 Å². The summed E-state index contributed by atoms with van der Waals surface area (Å²) in [6, 6.07) is 14.2. The minimum absolute atomic E-state index is 0.0390. The molecule has 1 aromatic carbocycles. The van der Waals surface area contributed by atoms with Gasteiger partial charge in [0.15, 0.2) is 5.69 Å². The zero-order valence-corrected chi connectivity index (χ0v) is 16.6. The lowest BCUT2D eigenvalue weighted by atomic mass is 9.96. The number of aromatic amines is 1. The summed E-state index contributed by atoms with van der Waals surface area (Å²) in [4.78, 5) is 22.0. The number of aryl methyl sites for hydroxylation is 1. The van der Waals surface area contributed by atoms with Crippen molar-refractivity contribution in [1.29, 1.82) is 0 Å². The maximum atomic E-state index is 13.3. The van der Waals surface area contributed by atoms with Gasteiger partial charge in [-0.3, -0.25) is 9.89 Å². The van der Waals surface area contributed by atoms with E-state index in [9.17, 15) is 4.79 Å². The summed E-state index contributed by atoms with van der Waals surface area (Å²) in [5, 5.41) is 8.21. The number of para-hydroxylation sites is 1. The van der Waals surface area contributed by atoms with Gasteiger partial charge in [-0.2, -0.15) is 5.10 Å². The van der Waals surface area contributed by atoms with E-state index in [2.05, 4.69) is 22.3 Å². The van der Waals surface area contributed by atoms with Gasteiger partial charge in [-0.25, -0.2) is 4.98 Å². The van der Waals surface area contributed by atoms with Crippen LogP contribution in [0.4, 0.5) is 5.82 Å². The molecule has 28 heavy (non-hydrogen) atoms. The number of benzene rings is 1. The lowest BCUT2D eigenvalue weighted by Gasteiger charge is -2.35. The molecule has 6 heteroatoms. The molecule has 0 saturated carbocycles. The van der Waals surface area contributed by atoms with E-state index in [0.717, 1.165) is 54.6 Å². The number of hydrogen-bond acceptors (Lipinski definition) is 4. The second-order valence-corrected chi connectivity index (χ2v) is 7.69. The van der Waals surface area contributed by atoms with E-state index in [0.29, 0.717) is 5.69 Å². The van der Waals surface area contributed by atoms with Crippen molar-refractivity contribution >= 4 is 22.6 Å². The minimum atomic E-state index is 0.0390. The zero-order valence-electron chi connectivity index (χ0n) is 16.6. The van der Waals surface area contributed by atoms with Crippen LogP contribution >= 0.6 is 0 Å². The molecular weight excluding hydrogens is 350 g/mol.